The number of rotatable bonds is 0. The summed E-state index contributed by atoms with van der Waals surface area (Å²) < 4.78 is 0. The summed E-state index contributed by atoms with van der Waals surface area (Å²) in [5, 5.41) is 2.95. The fourth-order valence-electron chi connectivity index (χ4n) is 5.15. The first-order valence-corrected chi connectivity index (χ1v) is 9.24. The first-order valence-electron chi connectivity index (χ1n) is 8.09. The van der Waals surface area contributed by atoms with Crippen LogP contribution in [0.25, 0.3) is 10.8 Å². The summed E-state index contributed by atoms with van der Waals surface area (Å²) in [6, 6.07) is 13.8. The van der Waals surface area contributed by atoms with Crippen LogP contribution in [0.4, 0.5) is 0 Å². The molecule has 0 amide bonds. The standard InChI is InChI=1S/C20H20S/c1-2-6-17-15(5-1)7-8-16-9-12-19-10-3-4-11-20(19,18(16)17)14-21-13-19/h1-8H,9-14H2/t19-,20-/m1/s1. The molecule has 1 aliphatic heterocycles. The van der Waals surface area contributed by atoms with E-state index in [0.717, 1.165) is 0 Å². The van der Waals surface area contributed by atoms with E-state index in [0.29, 0.717) is 10.8 Å². The molecule has 1 heterocycles. The van der Waals surface area contributed by atoms with Gasteiger partial charge in [-0.15, -0.1) is 0 Å². The molecule has 2 aromatic rings. The Labute approximate surface area is 130 Å². The maximum atomic E-state index is 2.46. The van der Waals surface area contributed by atoms with Gasteiger partial charge in [-0.2, -0.15) is 11.8 Å². The van der Waals surface area contributed by atoms with Crippen molar-refractivity contribution in [1.82, 2.24) is 0 Å². The van der Waals surface area contributed by atoms with Crippen LogP contribution in [0.2, 0.25) is 0 Å². The zero-order valence-corrected chi connectivity index (χ0v) is 13.1. The molecule has 0 spiro atoms. The predicted octanol–water partition coefficient (Wildman–Crippen LogP) is 5.11. The monoisotopic (exact) mass is 292 g/mol. The summed E-state index contributed by atoms with van der Waals surface area (Å²) in [5.74, 6) is 2.68. The number of hydrogen-bond acceptors (Lipinski definition) is 1. The van der Waals surface area contributed by atoms with E-state index in [4.69, 9.17) is 0 Å². The van der Waals surface area contributed by atoms with Gasteiger partial charge in [0.15, 0.2) is 0 Å². The molecular weight excluding hydrogens is 272 g/mol. The van der Waals surface area contributed by atoms with Gasteiger partial charge in [-0.25, -0.2) is 0 Å². The second-order valence-electron chi connectivity index (χ2n) is 7.06. The van der Waals surface area contributed by atoms with Crippen molar-refractivity contribution in [3.63, 3.8) is 0 Å². The van der Waals surface area contributed by atoms with Crippen molar-refractivity contribution in [2.75, 3.05) is 11.5 Å². The van der Waals surface area contributed by atoms with E-state index < -0.39 is 0 Å². The van der Waals surface area contributed by atoms with E-state index in [-0.39, 0.29) is 0 Å². The largest absolute Gasteiger partial charge is 0.160 e. The van der Waals surface area contributed by atoms with Crippen LogP contribution in [-0.2, 0) is 11.8 Å². The van der Waals surface area contributed by atoms with Crippen LogP contribution in [0, 0.1) is 5.41 Å². The van der Waals surface area contributed by atoms with Crippen molar-refractivity contribution >= 4 is 22.5 Å². The predicted molar refractivity (Wildman–Crippen MR) is 92.1 cm³/mol. The molecule has 3 aliphatic rings. The smallest absolute Gasteiger partial charge is 0.0154 e. The van der Waals surface area contributed by atoms with Crippen LogP contribution in [0.15, 0.2) is 48.6 Å². The van der Waals surface area contributed by atoms with Gasteiger partial charge in [-0.05, 0) is 53.0 Å². The van der Waals surface area contributed by atoms with Crippen LogP contribution in [0.3, 0.4) is 0 Å². The van der Waals surface area contributed by atoms with E-state index in [9.17, 15) is 0 Å². The lowest BCUT2D eigenvalue weighted by atomic mass is 9.51. The molecular formula is C20H20S. The van der Waals surface area contributed by atoms with Crippen LogP contribution in [-0.4, -0.2) is 11.5 Å². The van der Waals surface area contributed by atoms with Gasteiger partial charge in [0.25, 0.3) is 0 Å². The van der Waals surface area contributed by atoms with Crippen molar-refractivity contribution in [3.05, 3.63) is 59.7 Å². The Hall–Kier alpha value is -1.21. The maximum Gasteiger partial charge on any atom is 0.0154 e. The van der Waals surface area contributed by atoms with E-state index in [1.165, 1.54) is 48.0 Å². The number of allylic oxidation sites excluding steroid dienone is 2. The van der Waals surface area contributed by atoms with E-state index in [2.05, 4.69) is 60.3 Å². The molecule has 2 aliphatic carbocycles. The zero-order valence-electron chi connectivity index (χ0n) is 12.3. The van der Waals surface area contributed by atoms with Gasteiger partial charge in [-0.1, -0.05) is 48.6 Å². The zero-order chi connectivity index (χ0) is 13.9. The van der Waals surface area contributed by atoms with Crippen molar-refractivity contribution < 1.29 is 0 Å². The van der Waals surface area contributed by atoms with Crippen LogP contribution >= 0.6 is 11.8 Å². The topological polar surface area (TPSA) is 0 Å². The van der Waals surface area contributed by atoms with Crippen molar-refractivity contribution in [2.45, 2.75) is 31.1 Å². The van der Waals surface area contributed by atoms with Gasteiger partial charge in [0, 0.05) is 16.9 Å². The summed E-state index contributed by atoms with van der Waals surface area (Å²) in [4.78, 5) is 0. The molecule has 2 aromatic carbocycles. The summed E-state index contributed by atoms with van der Waals surface area (Å²) in [6.45, 7) is 0. The molecule has 1 fully saturated rings. The molecule has 0 radical (unpaired) electrons. The minimum absolute atomic E-state index is 0.404. The number of fused-ring (bicyclic) bond motifs is 3. The molecule has 0 saturated carbocycles. The highest BCUT2D eigenvalue weighted by atomic mass is 32.2. The molecule has 2 atom stereocenters. The van der Waals surface area contributed by atoms with Gasteiger partial charge in [-0.3, -0.25) is 0 Å². The van der Waals surface area contributed by atoms with Crippen molar-refractivity contribution in [3.8, 4) is 0 Å². The lowest BCUT2D eigenvalue weighted by Gasteiger charge is -2.52. The number of hydrogen-bond donors (Lipinski definition) is 0. The van der Waals surface area contributed by atoms with E-state index >= 15 is 0 Å². The van der Waals surface area contributed by atoms with Gasteiger partial charge >= 0.3 is 0 Å². The summed E-state index contributed by atoms with van der Waals surface area (Å²) >= 11 is 2.20. The lowest BCUT2D eigenvalue weighted by molar-refractivity contribution is 0.143. The van der Waals surface area contributed by atoms with Crippen molar-refractivity contribution in [1.29, 1.82) is 0 Å². The van der Waals surface area contributed by atoms with Gasteiger partial charge < -0.3 is 0 Å². The number of thioether (sulfide) groups is 1. The average molecular weight is 292 g/mol. The van der Waals surface area contributed by atoms with Crippen LogP contribution < -0.4 is 0 Å². The van der Waals surface area contributed by atoms with Gasteiger partial charge in [0.05, 0.1) is 0 Å². The fraction of sp³-hybridized carbons (Fsp3) is 0.400. The first-order chi connectivity index (χ1) is 10.3. The number of aryl methyl sites for hydroxylation is 1. The Kier molecular flexibility index (Phi) is 2.45. The Morgan fingerprint density at radius 2 is 1.81 bits per heavy atom. The quantitative estimate of drug-likeness (QED) is 0.608. The molecule has 0 N–H and O–H groups in total. The molecule has 0 unspecified atom stereocenters. The second kappa shape index (κ2) is 4.16. The van der Waals surface area contributed by atoms with Crippen LogP contribution in [0.1, 0.15) is 30.4 Å². The molecule has 1 heteroatoms. The Morgan fingerprint density at radius 3 is 2.81 bits per heavy atom. The summed E-state index contributed by atoms with van der Waals surface area (Å²) in [7, 11) is 0. The maximum absolute atomic E-state index is 2.46. The lowest BCUT2D eigenvalue weighted by Crippen LogP contribution is -2.49. The van der Waals surface area contributed by atoms with Crippen LogP contribution in [0.5, 0.6) is 0 Å². The highest BCUT2D eigenvalue weighted by Crippen LogP contribution is 2.64. The highest BCUT2D eigenvalue weighted by Gasteiger charge is 2.58. The SMILES string of the molecule is C1=CC[C@]23CSC[C@@]2(C1)CCc1ccc2ccccc2c13. The molecule has 1 saturated heterocycles. The molecule has 0 aromatic heterocycles. The Bertz CT molecular complexity index is 760. The van der Waals surface area contributed by atoms with E-state index in [1.807, 2.05) is 0 Å². The minimum Gasteiger partial charge on any atom is -0.160 e. The Balaban J connectivity index is 1.89. The third kappa shape index (κ3) is 1.43. The molecule has 21 heavy (non-hydrogen) atoms. The Morgan fingerprint density at radius 1 is 0.905 bits per heavy atom. The van der Waals surface area contributed by atoms with E-state index in [1.54, 1.807) is 11.1 Å². The number of benzene rings is 2. The van der Waals surface area contributed by atoms with Crippen molar-refractivity contribution in [2.24, 2.45) is 5.41 Å². The molecule has 106 valence electrons. The fourth-order valence-corrected chi connectivity index (χ4v) is 7.10. The minimum atomic E-state index is 0.404. The molecule has 5 rings (SSSR count). The average Bonchev–Trinajstić information content (AvgIpc) is 2.94. The molecule has 0 nitrogen and oxygen atoms in total. The van der Waals surface area contributed by atoms with Gasteiger partial charge in [0.1, 0.15) is 0 Å². The summed E-state index contributed by atoms with van der Waals surface area (Å²) in [6.07, 6.45) is 10.1. The molecule has 0 bridgehead atoms. The van der Waals surface area contributed by atoms with Gasteiger partial charge in [0.2, 0.25) is 0 Å². The normalized spacial score (nSPS) is 33.5. The second-order valence-corrected chi connectivity index (χ2v) is 8.04. The third-order valence-electron chi connectivity index (χ3n) is 6.25. The first kappa shape index (κ1) is 12.3. The summed E-state index contributed by atoms with van der Waals surface area (Å²) in [5.41, 5.74) is 4.27. The highest BCUT2D eigenvalue weighted by molar-refractivity contribution is 7.99. The third-order valence-corrected chi connectivity index (χ3v) is 7.70.